The van der Waals surface area contributed by atoms with Crippen molar-refractivity contribution >= 4 is 29.1 Å². The second kappa shape index (κ2) is 11.0. The Hall–Kier alpha value is -3.27. The molecule has 0 aliphatic heterocycles. The van der Waals surface area contributed by atoms with E-state index < -0.39 is 0 Å². The molecule has 0 saturated carbocycles. The number of hydrogen-bond donors (Lipinski definition) is 0. The molecule has 0 unspecified atom stereocenters. The summed E-state index contributed by atoms with van der Waals surface area (Å²) in [5.74, 6) is 0.550. The molecule has 0 saturated heterocycles. The smallest absolute Gasteiger partial charge is 0.254 e. The molecule has 166 valence electrons. The van der Waals surface area contributed by atoms with Gasteiger partial charge in [0.05, 0.1) is 5.02 Å². The topological polar surface area (TPSA) is 29.5 Å². The maximum absolute atomic E-state index is 13.4. The molecule has 0 N–H and O–H groups in total. The van der Waals surface area contributed by atoms with E-state index in [9.17, 15) is 4.79 Å². The van der Waals surface area contributed by atoms with Crippen LogP contribution in [0.4, 0.5) is 0 Å². The van der Waals surface area contributed by atoms with Gasteiger partial charge in [0.25, 0.3) is 5.91 Å². The van der Waals surface area contributed by atoms with E-state index in [0.717, 1.165) is 16.7 Å². The molecular formula is C28H23Cl2NO2. The lowest BCUT2D eigenvalue weighted by atomic mass is 10.1. The highest BCUT2D eigenvalue weighted by atomic mass is 35.5. The van der Waals surface area contributed by atoms with Gasteiger partial charge in [0.2, 0.25) is 0 Å². The third-order valence-corrected chi connectivity index (χ3v) is 5.74. The van der Waals surface area contributed by atoms with E-state index in [1.165, 1.54) is 0 Å². The maximum atomic E-state index is 13.4. The average Bonchev–Trinajstić information content (AvgIpc) is 2.84. The first kappa shape index (κ1) is 22.9. The number of nitrogens with zero attached hydrogens (tertiary/aromatic N) is 1. The van der Waals surface area contributed by atoms with Gasteiger partial charge < -0.3 is 9.64 Å². The lowest BCUT2D eigenvalue weighted by Crippen LogP contribution is -2.30. The quantitative estimate of drug-likeness (QED) is 0.265. The van der Waals surface area contributed by atoms with Crippen LogP contribution in [-0.4, -0.2) is 10.8 Å². The average molecular weight is 476 g/mol. The zero-order valence-electron chi connectivity index (χ0n) is 18.0. The SMILES string of the molecule is O=C(c1ccc(COc2ccc(Cl)cc2Cl)cc1)N(Cc1ccccc1)Cc1ccccc1. The minimum atomic E-state index is -0.0177. The number of hydrogen-bond acceptors (Lipinski definition) is 2. The van der Waals surface area contributed by atoms with Crippen LogP contribution in [0.3, 0.4) is 0 Å². The molecule has 0 aliphatic carbocycles. The summed E-state index contributed by atoms with van der Waals surface area (Å²) in [5, 5.41) is 1.03. The molecule has 33 heavy (non-hydrogen) atoms. The van der Waals surface area contributed by atoms with Crippen molar-refractivity contribution in [3.05, 3.63) is 135 Å². The van der Waals surface area contributed by atoms with Gasteiger partial charge in [-0.3, -0.25) is 4.79 Å². The van der Waals surface area contributed by atoms with Crippen LogP contribution in [0.5, 0.6) is 5.75 Å². The fraction of sp³-hybridized carbons (Fsp3) is 0.107. The van der Waals surface area contributed by atoms with Crippen LogP contribution in [0, 0.1) is 0 Å². The monoisotopic (exact) mass is 475 g/mol. The number of amides is 1. The van der Waals surface area contributed by atoms with Crippen molar-refractivity contribution in [2.45, 2.75) is 19.7 Å². The normalized spacial score (nSPS) is 10.6. The zero-order chi connectivity index (χ0) is 23.0. The van der Waals surface area contributed by atoms with E-state index in [0.29, 0.717) is 41.1 Å². The second-order valence-corrected chi connectivity index (χ2v) is 8.54. The van der Waals surface area contributed by atoms with Gasteiger partial charge in [-0.15, -0.1) is 0 Å². The molecule has 0 aliphatic rings. The minimum absolute atomic E-state index is 0.0177. The Morgan fingerprint density at radius 2 is 1.27 bits per heavy atom. The molecule has 1 amide bonds. The molecule has 0 atom stereocenters. The van der Waals surface area contributed by atoms with E-state index >= 15 is 0 Å². The van der Waals surface area contributed by atoms with Gasteiger partial charge in [-0.2, -0.15) is 0 Å². The van der Waals surface area contributed by atoms with Crippen LogP contribution >= 0.6 is 23.2 Å². The van der Waals surface area contributed by atoms with Gasteiger partial charge in [-0.25, -0.2) is 0 Å². The first-order valence-electron chi connectivity index (χ1n) is 10.6. The highest BCUT2D eigenvalue weighted by Crippen LogP contribution is 2.28. The molecule has 0 radical (unpaired) electrons. The molecule has 4 aromatic carbocycles. The van der Waals surface area contributed by atoms with Crippen molar-refractivity contribution in [1.82, 2.24) is 4.90 Å². The van der Waals surface area contributed by atoms with Crippen molar-refractivity contribution in [3.8, 4) is 5.75 Å². The predicted molar refractivity (Wildman–Crippen MR) is 134 cm³/mol. The zero-order valence-corrected chi connectivity index (χ0v) is 19.5. The van der Waals surface area contributed by atoms with Gasteiger partial charge >= 0.3 is 0 Å². The number of carbonyl (C=O) groups excluding carboxylic acids is 1. The van der Waals surface area contributed by atoms with Crippen LogP contribution in [0.25, 0.3) is 0 Å². The Balaban J connectivity index is 1.47. The Kier molecular flexibility index (Phi) is 7.66. The molecule has 0 spiro atoms. The van der Waals surface area contributed by atoms with Crippen molar-refractivity contribution < 1.29 is 9.53 Å². The summed E-state index contributed by atoms with van der Waals surface area (Å²) in [6.45, 7) is 1.41. The standard InChI is InChI=1S/C28H23Cl2NO2/c29-25-15-16-27(26(30)17-25)33-20-23-11-13-24(14-12-23)28(32)31(18-21-7-3-1-4-8-21)19-22-9-5-2-6-10-22/h1-17H,18-20H2. The minimum Gasteiger partial charge on any atom is -0.487 e. The Morgan fingerprint density at radius 3 is 1.82 bits per heavy atom. The van der Waals surface area contributed by atoms with Crippen LogP contribution in [-0.2, 0) is 19.7 Å². The fourth-order valence-corrected chi connectivity index (χ4v) is 3.95. The number of rotatable bonds is 8. The lowest BCUT2D eigenvalue weighted by Gasteiger charge is -2.23. The summed E-state index contributed by atoms with van der Waals surface area (Å²) in [7, 11) is 0. The van der Waals surface area contributed by atoms with Crippen molar-refractivity contribution in [1.29, 1.82) is 0 Å². The number of halogens is 2. The van der Waals surface area contributed by atoms with Crippen LogP contribution in [0.1, 0.15) is 27.0 Å². The van der Waals surface area contributed by atoms with Gasteiger partial charge in [0, 0.05) is 23.7 Å². The summed E-state index contributed by atoms with van der Waals surface area (Å²) in [4.78, 5) is 15.3. The third-order valence-electron chi connectivity index (χ3n) is 5.21. The molecule has 0 fully saturated rings. The number of carbonyl (C=O) groups is 1. The molecular weight excluding hydrogens is 453 g/mol. The summed E-state index contributed by atoms with van der Waals surface area (Å²) >= 11 is 12.1. The Morgan fingerprint density at radius 1 is 0.697 bits per heavy atom. The summed E-state index contributed by atoms with van der Waals surface area (Å²) in [6, 6.07) is 32.7. The van der Waals surface area contributed by atoms with E-state index in [4.69, 9.17) is 27.9 Å². The molecule has 0 heterocycles. The third kappa shape index (κ3) is 6.38. The predicted octanol–water partition coefficient (Wildman–Crippen LogP) is 7.42. The molecule has 3 nitrogen and oxygen atoms in total. The van der Waals surface area contributed by atoms with Crippen LogP contribution in [0.2, 0.25) is 10.0 Å². The van der Waals surface area contributed by atoms with Crippen molar-refractivity contribution in [2.24, 2.45) is 0 Å². The number of benzene rings is 4. The Bertz CT molecular complexity index is 1150. The van der Waals surface area contributed by atoms with Gasteiger partial charge in [-0.05, 0) is 47.0 Å². The van der Waals surface area contributed by atoms with Crippen LogP contribution in [0.15, 0.2) is 103 Å². The van der Waals surface area contributed by atoms with Crippen LogP contribution < -0.4 is 4.74 Å². The first-order valence-corrected chi connectivity index (χ1v) is 11.4. The van der Waals surface area contributed by atoms with Gasteiger partial charge in [-0.1, -0.05) is 96.0 Å². The molecule has 4 aromatic rings. The molecule has 4 rings (SSSR count). The highest BCUT2D eigenvalue weighted by Gasteiger charge is 2.17. The van der Waals surface area contributed by atoms with E-state index in [1.54, 1.807) is 18.2 Å². The summed E-state index contributed by atoms with van der Waals surface area (Å²) in [5.41, 5.74) is 3.75. The first-order chi connectivity index (χ1) is 16.1. The lowest BCUT2D eigenvalue weighted by molar-refractivity contribution is 0.0730. The maximum Gasteiger partial charge on any atom is 0.254 e. The molecule has 0 bridgehead atoms. The summed E-state index contributed by atoms with van der Waals surface area (Å²) < 4.78 is 5.80. The van der Waals surface area contributed by atoms with Gasteiger partial charge in [0.1, 0.15) is 12.4 Å². The highest BCUT2D eigenvalue weighted by molar-refractivity contribution is 6.35. The fourth-order valence-electron chi connectivity index (χ4n) is 3.49. The van der Waals surface area contributed by atoms with E-state index in [-0.39, 0.29) is 5.91 Å². The number of ether oxygens (including phenoxy) is 1. The largest absolute Gasteiger partial charge is 0.487 e. The Labute approximate surface area is 204 Å². The summed E-state index contributed by atoms with van der Waals surface area (Å²) in [6.07, 6.45) is 0. The van der Waals surface area contributed by atoms with E-state index in [2.05, 4.69) is 0 Å². The van der Waals surface area contributed by atoms with E-state index in [1.807, 2.05) is 89.8 Å². The van der Waals surface area contributed by atoms with Gasteiger partial charge in [0.15, 0.2) is 0 Å². The molecule has 0 aromatic heterocycles. The second-order valence-electron chi connectivity index (χ2n) is 7.69. The van der Waals surface area contributed by atoms with Crippen molar-refractivity contribution in [2.75, 3.05) is 0 Å². The molecule has 5 heteroatoms. The van der Waals surface area contributed by atoms with Crippen molar-refractivity contribution in [3.63, 3.8) is 0 Å².